The van der Waals surface area contributed by atoms with Crippen LogP contribution < -0.4 is 0 Å². The van der Waals surface area contributed by atoms with Gasteiger partial charge in [0.05, 0.1) is 5.56 Å². The number of fused-ring (bicyclic) bond motifs is 1. The molecule has 120 valence electrons. The molecule has 0 radical (unpaired) electrons. The Balaban J connectivity index is 2.06. The first kappa shape index (κ1) is 16.5. The number of imidazole rings is 1. The van der Waals surface area contributed by atoms with Crippen molar-refractivity contribution in [2.45, 2.75) is 13.0 Å². The number of rotatable bonds is 7. The third-order valence-corrected chi connectivity index (χ3v) is 3.28. The minimum absolute atomic E-state index is 0.292. The molecule has 2 aromatic heterocycles. The molecule has 0 saturated heterocycles. The second-order valence-corrected chi connectivity index (χ2v) is 4.98. The highest BCUT2D eigenvalue weighted by Gasteiger charge is 2.23. The maximum atomic E-state index is 12.3. The molecule has 6 nitrogen and oxygen atoms in total. The zero-order valence-corrected chi connectivity index (χ0v) is 13.0. The summed E-state index contributed by atoms with van der Waals surface area (Å²) in [6, 6.07) is 3.24. The number of nitrogens with zero attached hydrogens (tertiary/aromatic N) is 3. The van der Waals surface area contributed by atoms with E-state index < -0.39 is 12.1 Å². The van der Waals surface area contributed by atoms with Crippen LogP contribution in [0.25, 0.3) is 5.65 Å². The third kappa shape index (κ3) is 3.85. The van der Waals surface area contributed by atoms with Crippen LogP contribution in [-0.2, 0) is 9.53 Å². The maximum Gasteiger partial charge on any atom is 0.339 e. The first-order valence-electron chi connectivity index (χ1n) is 7.21. The van der Waals surface area contributed by atoms with Crippen molar-refractivity contribution in [1.29, 1.82) is 0 Å². The molecule has 1 atom stereocenters. The molecule has 0 aromatic carbocycles. The van der Waals surface area contributed by atoms with E-state index in [0.717, 1.165) is 0 Å². The molecule has 0 aliphatic carbocycles. The van der Waals surface area contributed by atoms with Crippen molar-refractivity contribution in [3.05, 3.63) is 61.6 Å². The monoisotopic (exact) mass is 313 g/mol. The number of hydrogen-bond acceptors (Lipinski definition) is 4. The topological polar surface area (TPSA) is 63.9 Å². The van der Waals surface area contributed by atoms with Crippen LogP contribution in [0, 0.1) is 0 Å². The van der Waals surface area contributed by atoms with E-state index in [1.807, 2.05) is 0 Å². The highest BCUT2D eigenvalue weighted by Crippen LogP contribution is 2.09. The lowest BCUT2D eigenvalue weighted by molar-refractivity contribution is -0.138. The predicted octanol–water partition coefficient (Wildman–Crippen LogP) is 2.08. The number of carbonyl (C=O) groups is 2. The van der Waals surface area contributed by atoms with Crippen molar-refractivity contribution >= 4 is 17.5 Å². The lowest BCUT2D eigenvalue weighted by Crippen LogP contribution is -2.40. The van der Waals surface area contributed by atoms with Crippen molar-refractivity contribution in [2.75, 3.05) is 13.1 Å². The number of amides is 1. The van der Waals surface area contributed by atoms with Gasteiger partial charge in [-0.3, -0.25) is 4.79 Å². The summed E-state index contributed by atoms with van der Waals surface area (Å²) in [5.41, 5.74) is 0.987. The van der Waals surface area contributed by atoms with Gasteiger partial charge in [0.25, 0.3) is 5.91 Å². The van der Waals surface area contributed by atoms with Crippen LogP contribution >= 0.6 is 0 Å². The number of hydrogen-bond donors (Lipinski definition) is 0. The highest BCUT2D eigenvalue weighted by molar-refractivity contribution is 5.93. The van der Waals surface area contributed by atoms with Crippen molar-refractivity contribution in [2.24, 2.45) is 0 Å². The summed E-state index contributed by atoms with van der Waals surface area (Å²) in [4.78, 5) is 30.1. The molecule has 0 spiro atoms. The molecule has 2 heterocycles. The van der Waals surface area contributed by atoms with Crippen LogP contribution in [-0.4, -0.2) is 45.4 Å². The van der Waals surface area contributed by atoms with Crippen LogP contribution in [0.2, 0.25) is 0 Å². The first-order chi connectivity index (χ1) is 11.1. The Morgan fingerprint density at radius 1 is 1.35 bits per heavy atom. The zero-order valence-electron chi connectivity index (χ0n) is 13.0. The average Bonchev–Trinajstić information content (AvgIpc) is 3.01. The van der Waals surface area contributed by atoms with Crippen molar-refractivity contribution in [3.8, 4) is 0 Å². The molecule has 23 heavy (non-hydrogen) atoms. The van der Waals surface area contributed by atoms with Gasteiger partial charge in [-0.05, 0) is 19.1 Å². The van der Waals surface area contributed by atoms with E-state index in [9.17, 15) is 9.59 Å². The molecule has 1 amide bonds. The molecular weight excluding hydrogens is 294 g/mol. The lowest BCUT2D eigenvalue weighted by atomic mass is 10.2. The summed E-state index contributed by atoms with van der Waals surface area (Å²) in [7, 11) is 0. The van der Waals surface area contributed by atoms with Crippen LogP contribution in [0.1, 0.15) is 17.3 Å². The van der Waals surface area contributed by atoms with Gasteiger partial charge in [0, 0.05) is 31.7 Å². The summed E-state index contributed by atoms with van der Waals surface area (Å²) in [5.74, 6) is -0.853. The molecule has 2 aromatic rings. The third-order valence-electron chi connectivity index (χ3n) is 3.28. The number of ether oxygens (including phenoxy) is 1. The summed E-state index contributed by atoms with van der Waals surface area (Å²) >= 11 is 0. The molecule has 0 aliphatic rings. The van der Waals surface area contributed by atoms with Gasteiger partial charge in [-0.15, -0.1) is 13.2 Å². The van der Waals surface area contributed by atoms with Crippen LogP contribution in [0.5, 0.6) is 0 Å². The van der Waals surface area contributed by atoms with Gasteiger partial charge in [0.1, 0.15) is 5.65 Å². The standard InChI is InChI=1S/C17H19N3O3/c1-4-8-20(9-5-2)16(21)13(3)23-17(22)14-6-10-19-11-7-18-15(19)12-14/h4-7,10-13H,1-2,8-9H2,3H3. The average molecular weight is 313 g/mol. The molecule has 0 fully saturated rings. The minimum atomic E-state index is -0.890. The van der Waals surface area contributed by atoms with E-state index in [1.54, 1.807) is 54.2 Å². The Kier molecular flexibility index (Phi) is 5.30. The van der Waals surface area contributed by atoms with E-state index >= 15 is 0 Å². The normalized spacial score (nSPS) is 11.7. The van der Waals surface area contributed by atoms with E-state index in [0.29, 0.717) is 24.3 Å². The smallest absolute Gasteiger partial charge is 0.339 e. The molecule has 2 rings (SSSR count). The highest BCUT2D eigenvalue weighted by atomic mass is 16.5. The number of esters is 1. The number of carbonyl (C=O) groups excluding carboxylic acids is 2. The fraction of sp³-hybridized carbons (Fsp3) is 0.235. The summed E-state index contributed by atoms with van der Waals surface area (Å²) in [5, 5.41) is 0. The van der Waals surface area contributed by atoms with E-state index in [1.165, 1.54) is 4.90 Å². The fourth-order valence-corrected chi connectivity index (χ4v) is 2.14. The fourth-order valence-electron chi connectivity index (χ4n) is 2.14. The molecule has 0 aliphatic heterocycles. The summed E-state index contributed by atoms with van der Waals surface area (Å²) in [6.45, 7) is 9.51. The molecule has 0 N–H and O–H groups in total. The Bertz CT molecular complexity index is 726. The summed E-state index contributed by atoms with van der Waals surface area (Å²) < 4.78 is 7.04. The van der Waals surface area contributed by atoms with E-state index in [-0.39, 0.29) is 5.91 Å². The Morgan fingerprint density at radius 2 is 2.04 bits per heavy atom. The van der Waals surface area contributed by atoms with Crippen molar-refractivity contribution in [1.82, 2.24) is 14.3 Å². The Morgan fingerprint density at radius 3 is 2.70 bits per heavy atom. The SMILES string of the molecule is C=CCN(CC=C)C(=O)C(C)OC(=O)c1ccn2ccnc2c1. The second-order valence-electron chi connectivity index (χ2n) is 4.98. The molecule has 0 saturated carbocycles. The number of pyridine rings is 1. The van der Waals surface area contributed by atoms with Crippen LogP contribution in [0.15, 0.2) is 56.0 Å². The Labute approximate surface area is 134 Å². The van der Waals surface area contributed by atoms with Gasteiger partial charge in [0.2, 0.25) is 0 Å². The second kappa shape index (κ2) is 7.40. The summed E-state index contributed by atoms with van der Waals surface area (Å²) in [6.07, 6.45) is 7.47. The van der Waals surface area contributed by atoms with Gasteiger partial charge in [0.15, 0.2) is 6.10 Å². The largest absolute Gasteiger partial charge is 0.449 e. The van der Waals surface area contributed by atoms with E-state index in [2.05, 4.69) is 18.1 Å². The van der Waals surface area contributed by atoms with Crippen molar-refractivity contribution < 1.29 is 14.3 Å². The van der Waals surface area contributed by atoms with Crippen LogP contribution in [0.3, 0.4) is 0 Å². The van der Waals surface area contributed by atoms with Gasteiger partial charge in [-0.2, -0.15) is 0 Å². The quantitative estimate of drug-likeness (QED) is 0.580. The molecule has 0 bridgehead atoms. The minimum Gasteiger partial charge on any atom is -0.449 e. The molecular formula is C17H19N3O3. The number of aromatic nitrogens is 2. The predicted molar refractivity (Wildman–Crippen MR) is 87.0 cm³/mol. The van der Waals surface area contributed by atoms with Gasteiger partial charge in [-0.1, -0.05) is 12.2 Å². The molecule has 6 heteroatoms. The Hall–Kier alpha value is -2.89. The molecule has 1 unspecified atom stereocenters. The lowest BCUT2D eigenvalue weighted by Gasteiger charge is -2.23. The van der Waals surface area contributed by atoms with Gasteiger partial charge >= 0.3 is 5.97 Å². The first-order valence-corrected chi connectivity index (χ1v) is 7.21. The van der Waals surface area contributed by atoms with Crippen LogP contribution in [0.4, 0.5) is 0 Å². The van der Waals surface area contributed by atoms with Gasteiger partial charge in [-0.25, -0.2) is 9.78 Å². The van der Waals surface area contributed by atoms with Gasteiger partial charge < -0.3 is 14.0 Å². The maximum absolute atomic E-state index is 12.3. The zero-order chi connectivity index (χ0) is 16.8. The van der Waals surface area contributed by atoms with Crippen molar-refractivity contribution in [3.63, 3.8) is 0 Å². The van der Waals surface area contributed by atoms with E-state index in [4.69, 9.17) is 4.74 Å².